The molecular formula is C14H23N3OS. The van der Waals surface area contributed by atoms with Crippen LogP contribution in [0.1, 0.15) is 13.3 Å². The Morgan fingerprint density at radius 1 is 1.42 bits per heavy atom. The molecule has 0 radical (unpaired) electrons. The van der Waals surface area contributed by atoms with Gasteiger partial charge in [-0.2, -0.15) is 11.8 Å². The Hall–Kier alpha value is -1.20. The number of nitrogen functional groups attached to an aromatic ring is 1. The van der Waals surface area contributed by atoms with Crippen LogP contribution < -0.4 is 11.1 Å². The lowest BCUT2D eigenvalue weighted by atomic mass is 10.2. The van der Waals surface area contributed by atoms with Gasteiger partial charge in [0.25, 0.3) is 0 Å². The summed E-state index contributed by atoms with van der Waals surface area (Å²) in [4.78, 5) is 14.0. The number of hydrogen-bond donors (Lipinski definition) is 2. The molecule has 1 atom stereocenters. The molecule has 1 amide bonds. The van der Waals surface area contributed by atoms with Crippen molar-refractivity contribution in [2.45, 2.75) is 19.4 Å². The third kappa shape index (κ3) is 5.98. The monoisotopic (exact) mass is 281 g/mol. The van der Waals surface area contributed by atoms with Crippen molar-refractivity contribution in [3.05, 3.63) is 24.3 Å². The van der Waals surface area contributed by atoms with E-state index in [4.69, 9.17) is 5.73 Å². The summed E-state index contributed by atoms with van der Waals surface area (Å²) in [5.41, 5.74) is 7.08. The zero-order chi connectivity index (χ0) is 14.3. The van der Waals surface area contributed by atoms with Gasteiger partial charge in [-0.25, -0.2) is 0 Å². The Balaban J connectivity index is 2.40. The Labute approximate surface area is 119 Å². The minimum absolute atomic E-state index is 0.00303. The molecule has 1 aromatic carbocycles. The van der Waals surface area contributed by atoms with E-state index >= 15 is 0 Å². The zero-order valence-electron chi connectivity index (χ0n) is 11.8. The first-order valence-corrected chi connectivity index (χ1v) is 7.77. The van der Waals surface area contributed by atoms with E-state index < -0.39 is 0 Å². The van der Waals surface area contributed by atoms with Gasteiger partial charge < -0.3 is 11.1 Å². The lowest BCUT2D eigenvalue weighted by Gasteiger charge is -2.23. The first-order chi connectivity index (χ1) is 9.02. The zero-order valence-corrected chi connectivity index (χ0v) is 12.7. The van der Waals surface area contributed by atoms with Crippen molar-refractivity contribution in [2.75, 3.05) is 36.7 Å². The molecule has 0 bridgehead atoms. The molecule has 1 rings (SSSR count). The SMILES string of the molecule is CSCCC(C)N(C)CC(=O)Nc1ccc(N)cc1. The number of anilines is 2. The van der Waals surface area contributed by atoms with Crippen LogP contribution in [0.15, 0.2) is 24.3 Å². The maximum Gasteiger partial charge on any atom is 0.238 e. The van der Waals surface area contributed by atoms with Gasteiger partial charge in [-0.1, -0.05) is 0 Å². The molecule has 0 aliphatic carbocycles. The molecule has 0 saturated carbocycles. The molecule has 5 heteroatoms. The number of likely N-dealkylation sites (N-methyl/N-ethyl adjacent to an activating group) is 1. The fourth-order valence-electron chi connectivity index (χ4n) is 1.66. The van der Waals surface area contributed by atoms with Crippen LogP contribution in [0.5, 0.6) is 0 Å². The van der Waals surface area contributed by atoms with Crippen LogP contribution in [0, 0.1) is 0 Å². The number of carbonyl (C=O) groups excluding carboxylic acids is 1. The van der Waals surface area contributed by atoms with E-state index in [1.54, 1.807) is 12.1 Å². The Kier molecular flexibility index (Phi) is 6.73. The van der Waals surface area contributed by atoms with E-state index in [0.29, 0.717) is 18.3 Å². The van der Waals surface area contributed by atoms with Gasteiger partial charge in [0, 0.05) is 17.4 Å². The van der Waals surface area contributed by atoms with E-state index in [9.17, 15) is 4.79 Å². The van der Waals surface area contributed by atoms with E-state index in [1.807, 2.05) is 30.9 Å². The summed E-state index contributed by atoms with van der Waals surface area (Å²) >= 11 is 1.83. The number of amides is 1. The molecule has 19 heavy (non-hydrogen) atoms. The number of thioether (sulfide) groups is 1. The van der Waals surface area contributed by atoms with Gasteiger partial charge in [-0.15, -0.1) is 0 Å². The largest absolute Gasteiger partial charge is 0.399 e. The molecule has 0 aliphatic rings. The van der Waals surface area contributed by atoms with Crippen molar-refractivity contribution < 1.29 is 4.79 Å². The standard InChI is InChI=1S/C14H23N3OS/c1-11(8-9-19-3)17(2)10-14(18)16-13-6-4-12(15)5-7-13/h4-7,11H,8-10,15H2,1-3H3,(H,16,18). The van der Waals surface area contributed by atoms with E-state index in [1.165, 1.54) is 0 Å². The number of rotatable bonds is 7. The number of nitrogens with zero attached hydrogens (tertiary/aromatic N) is 1. The van der Waals surface area contributed by atoms with Gasteiger partial charge in [-0.3, -0.25) is 9.69 Å². The number of nitrogens with one attached hydrogen (secondary N) is 1. The molecule has 1 aromatic rings. The molecule has 0 aliphatic heterocycles. The summed E-state index contributed by atoms with van der Waals surface area (Å²) in [6.45, 7) is 2.55. The van der Waals surface area contributed by atoms with Gasteiger partial charge in [0.2, 0.25) is 5.91 Å². The van der Waals surface area contributed by atoms with Crippen molar-refractivity contribution in [3.63, 3.8) is 0 Å². The summed E-state index contributed by atoms with van der Waals surface area (Å²) in [5, 5.41) is 2.87. The first-order valence-electron chi connectivity index (χ1n) is 6.37. The quantitative estimate of drug-likeness (QED) is 0.753. The number of benzene rings is 1. The molecule has 0 fully saturated rings. The van der Waals surface area contributed by atoms with Crippen LogP contribution in [0.2, 0.25) is 0 Å². The highest BCUT2D eigenvalue weighted by atomic mass is 32.2. The second-order valence-electron chi connectivity index (χ2n) is 4.72. The predicted molar refractivity (Wildman–Crippen MR) is 84.6 cm³/mol. The average molecular weight is 281 g/mol. The fraction of sp³-hybridized carbons (Fsp3) is 0.500. The van der Waals surface area contributed by atoms with Gasteiger partial charge in [0.05, 0.1) is 6.54 Å². The summed E-state index contributed by atoms with van der Waals surface area (Å²) in [6, 6.07) is 7.58. The Morgan fingerprint density at radius 2 is 2.05 bits per heavy atom. The van der Waals surface area contributed by atoms with Crippen LogP contribution in [-0.2, 0) is 4.79 Å². The van der Waals surface area contributed by atoms with Crippen LogP contribution in [0.4, 0.5) is 11.4 Å². The highest BCUT2D eigenvalue weighted by Crippen LogP contribution is 2.11. The van der Waals surface area contributed by atoms with Crippen molar-refractivity contribution in [1.29, 1.82) is 0 Å². The van der Waals surface area contributed by atoms with Gasteiger partial charge in [0.15, 0.2) is 0 Å². The molecule has 4 nitrogen and oxygen atoms in total. The topological polar surface area (TPSA) is 58.4 Å². The van der Waals surface area contributed by atoms with Gasteiger partial charge in [0.1, 0.15) is 0 Å². The third-order valence-corrected chi connectivity index (χ3v) is 3.72. The van der Waals surface area contributed by atoms with Crippen LogP contribution in [-0.4, -0.2) is 42.4 Å². The van der Waals surface area contributed by atoms with E-state index in [0.717, 1.165) is 17.9 Å². The normalized spacial score (nSPS) is 12.4. The smallest absolute Gasteiger partial charge is 0.238 e. The molecule has 0 aromatic heterocycles. The third-order valence-electron chi connectivity index (χ3n) is 3.08. The first kappa shape index (κ1) is 15.9. The number of hydrogen-bond acceptors (Lipinski definition) is 4. The summed E-state index contributed by atoms with van der Waals surface area (Å²) < 4.78 is 0. The maximum absolute atomic E-state index is 11.9. The van der Waals surface area contributed by atoms with E-state index in [2.05, 4.69) is 23.4 Å². The second-order valence-corrected chi connectivity index (χ2v) is 5.70. The van der Waals surface area contributed by atoms with Gasteiger partial charge >= 0.3 is 0 Å². The lowest BCUT2D eigenvalue weighted by molar-refractivity contribution is -0.117. The Bertz CT molecular complexity index is 394. The van der Waals surface area contributed by atoms with Crippen LogP contribution >= 0.6 is 11.8 Å². The minimum atomic E-state index is 0.00303. The number of carbonyl (C=O) groups is 1. The lowest BCUT2D eigenvalue weighted by Crippen LogP contribution is -2.36. The van der Waals surface area contributed by atoms with Gasteiger partial charge in [-0.05, 0) is 56.7 Å². The number of nitrogens with two attached hydrogens (primary N) is 1. The van der Waals surface area contributed by atoms with Crippen molar-refractivity contribution >= 4 is 29.0 Å². The predicted octanol–water partition coefficient (Wildman–Crippen LogP) is 2.28. The second kappa shape index (κ2) is 8.07. The highest BCUT2D eigenvalue weighted by Gasteiger charge is 2.12. The molecule has 0 saturated heterocycles. The molecule has 0 heterocycles. The molecular weight excluding hydrogens is 258 g/mol. The highest BCUT2D eigenvalue weighted by molar-refractivity contribution is 7.98. The maximum atomic E-state index is 11.9. The van der Waals surface area contributed by atoms with Crippen LogP contribution in [0.25, 0.3) is 0 Å². The van der Waals surface area contributed by atoms with Crippen molar-refractivity contribution in [1.82, 2.24) is 4.90 Å². The molecule has 106 valence electrons. The molecule has 3 N–H and O–H groups in total. The summed E-state index contributed by atoms with van der Waals surface area (Å²) in [5.74, 6) is 1.12. The van der Waals surface area contributed by atoms with Crippen molar-refractivity contribution in [2.24, 2.45) is 0 Å². The Morgan fingerprint density at radius 3 is 2.63 bits per heavy atom. The molecule has 0 spiro atoms. The fourth-order valence-corrected chi connectivity index (χ4v) is 2.23. The minimum Gasteiger partial charge on any atom is -0.399 e. The molecule has 1 unspecified atom stereocenters. The van der Waals surface area contributed by atoms with Crippen molar-refractivity contribution in [3.8, 4) is 0 Å². The van der Waals surface area contributed by atoms with Crippen LogP contribution in [0.3, 0.4) is 0 Å². The van der Waals surface area contributed by atoms with E-state index in [-0.39, 0.29) is 5.91 Å². The average Bonchev–Trinajstić information content (AvgIpc) is 2.38. The summed E-state index contributed by atoms with van der Waals surface area (Å²) in [6.07, 6.45) is 3.19. The summed E-state index contributed by atoms with van der Waals surface area (Å²) in [7, 11) is 1.98.